The Morgan fingerprint density at radius 3 is 2.39 bits per heavy atom. The first-order valence-corrected chi connectivity index (χ1v) is 10.5. The molecule has 2 aromatic carbocycles. The van der Waals surface area contributed by atoms with Gasteiger partial charge < -0.3 is 10.6 Å². The number of halogens is 2. The van der Waals surface area contributed by atoms with Gasteiger partial charge in [-0.2, -0.15) is 0 Å². The minimum absolute atomic E-state index is 0.0986. The summed E-state index contributed by atoms with van der Waals surface area (Å²) >= 11 is 3.37. The lowest BCUT2D eigenvalue weighted by molar-refractivity contribution is -0.124. The molecule has 0 spiro atoms. The smallest absolute Gasteiger partial charge is 0.243 e. The second-order valence-corrected chi connectivity index (χ2v) is 8.51. The summed E-state index contributed by atoms with van der Waals surface area (Å²) in [5, 5.41) is 5.07. The van der Waals surface area contributed by atoms with E-state index in [-0.39, 0.29) is 24.4 Å². The van der Waals surface area contributed by atoms with E-state index in [4.69, 9.17) is 0 Å². The van der Waals surface area contributed by atoms with Crippen LogP contribution in [0, 0.1) is 12.7 Å². The zero-order valence-electron chi connectivity index (χ0n) is 15.0. The van der Waals surface area contributed by atoms with E-state index < -0.39 is 27.7 Å². The van der Waals surface area contributed by atoms with Crippen LogP contribution in [0.15, 0.2) is 51.8 Å². The minimum atomic E-state index is -3.83. The number of amides is 2. The zero-order chi connectivity index (χ0) is 20.7. The molecule has 28 heavy (non-hydrogen) atoms. The number of aryl methyl sites for hydroxylation is 1. The lowest BCUT2D eigenvalue weighted by Crippen LogP contribution is -2.35. The number of rotatable bonds is 8. The molecule has 150 valence electrons. The van der Waals surface area contributed by atoms with Crippen LogP contribution in [-0.4, -0.2) is 33.3 Å². The fraction of sp³-hybridized carbons (Fsp3) is 0.222. The molecule has 0 aliphatic heterocycles. The monoisotopic (exact) mass is 471 g/mol. The second kappa shape index (κ2) is 9.76. The Hall–Kier alpha value is -2.30. The summed E-state index contributed by atoms with van der Waals surface area (Å²) in [7, 11) is -3.83. The van der Waals surface area contributed by atoms with E-state index in [0.717, 1.165) is 34.3 Å². The molecule has 0 aliphatic carbocycles. The minimum Gasteiger partial charge on any atom is -0.347 e. The van der Waals surface area contributed by atoms with Crippen LogP contribution in [0.5, 0.6) is 0 Å². The highest BCUT2D eigenvalue weighted by molar-refractivity contribution is 9.10. The first-order chi connectivity index (χ1) is 13.2. The van der Waals surface area contributed by atoms with Crippen molar-refractivity contribution in [2.24, 2.45) is 0 Å². The van der Waals surface area contributed by atoms with E-state index in [1.165, 1.54) is 0 Å². The third kappa shape index (κ3) is 6.70. The highest BCUT2D eigenvalue weighted by Crippen LogP contribution is 2.19. The van der Waals surface area contributed by atoms with Crippen LogP contribution < -0.4 is 15.4 Å². The van der Waals surface area contributed by atoms with Crippen molar-refractivity contribution in [3.8, 4) is 0 Å². The molecule has 0 aliphatic rings. The van der Waals surface area contributed by atoms with Crippen molar-refractivity contribution in [1.82, 2.24) is 10.0 Å². The Morgan fingerprint density at radius 2 is 1.75 bits per heavy atom. The number of sulfonamides is 1. The van der Waals surface area contributed by atoms with Gasteiger partial charge in [-0.05, 0) is 55.0 Å². The van der Waals surface area contributed by atoms with Gasteiger partial charge in [0.1, 0.15) is 5.82 Å². The molecule has 0 bridgehead atoms. The average molecular weight is 472 g/mol. The predicted octanol–water partition coefficient (Wildman–Crippen LogP) is 2.32. The average Bonchev–Trinajstić information content (AvgIpc) is 2.63. The summed E-state index contributed by atoms with van der Waals surface area (Å²) in [5.41, 5.74) is 1.56. The summed E-state index contributed by atoms with van der Waals surface area (Å²) < 4.78 is 40.0. The Bertz CT molecular complexity index is 965. The largest absolute Gasteiger partial charge is 0.347 e. The summed E-state index contributed by atoms with van der Waals surface area (Å²) in [6.07, 6.45) is -0.148. The first kappa shape index (κ1) is 22.0. The van der Waals surface area contributed by atoms with Crippen LogP contribution in [0.3, 0.4) is 0 Å². The lowest BCUT2D eigenvalue weighted by atomic mass is 10.2. The molecule has 10 heteroatoms. The topological polar surface area (TPSA) is 104 Å². The Morgan fingerprint density at radius 1 is 1.07 bits per heavy atom. The SMILES string of the molecule is Cc1cc(NC(=O)CNC(=O)CCNS(=O)(=O)c2ccc(F)cc2)ccc1Br. The number of benzene rings is 2. The molecule has 0 aromatic heterocycles. The van der Waals surface area contributed by atoms with Gasteiger partial charge in [0.2, 0.25) is 21.8 Å². The maximum atomic E-state index is 12.9. The standard InChI is InChI=1S/C18H19BrFN3O4S/c1-12-10-14(4-7-16(12)19)23-18(25)11-21-17(24)8-9-22-28(26,27)15-5-2-13(20)3-6-15/h2-7,10,22H,8-9,11H2,1H3,(H,21,24)(H,23,25). The van der Waals surface area contributed by atoms with Crippen molar-refractivity contribution in [3.05, 3.63) is 58.3 Å². The molecule has 0 unspecified atom stereocenters. The molecule has 0 heterocycles. The zero-order valence-corrected chi connectivity index (χ0v) is 17.4. The maximum Gasteiger partial charge on any atom is 0.243 e. The van der Waals surface area contributed by atoms with Crippen molar-refractivity contribution < 1.29 is 22.4 Å². The fourth-order valence-corrected chi connectivity index (χ4v) is 3.47. The molecule has 0 atom stereocenters. The number of hydrogen-bond donors (Lipinski definition) is 3. The van der Waals surface area contributed by atoms with Gasteiger partial charge in [-0.15, -0.1) is 0 Å². The maximum absolute atomic E-state index is 12.9. The first-order valence-electron chi connectivity index (χ1n) is 8.25. The van der Waals surface area contributed by atoms with Gasteiger partial charge in [0.15, 0.2) is 0 Å². The van der Waals surface area contributed by atoms with Crippen molar-refractivity contribution in [2.45, 2.75) is 18.2 Å². The van der Waals surface area contributed by atoms with Gasteiger partial charge in [-0.1, -0.05) is 15.9 Å². The number of carbonyl (C=O) groups is 2. The van der Waals surface area contributed by atoms with Crippen molar-refractivity contribution >= 4 is 43.5 Å². The number of anilines is 1. The third-order valence-corrected chi connectivity index (χ3v) is 6.02. The number of hydrogen-bond acceptors (Lipinski definition) is 4. The van der Waals surface area contributed by atoms with E-state index in [1.807, 2.05) is 6.92 Å². The van der Waals surface area contributed by atoms with Gasteiger partial charge in [-0.3, -0.25) is 9.59 Å². The number of carbonyl (C=O) groups excluding carboxylic acids is 2. The van der Waals surface area contributed by atoms with Crippen LogP contribution in [0.2, 0.25) is 0 Å². The molecule has 0 fully saturated rings. The van der Waals surface area contributed by atoms with Crippen molar-refractivity contribution in [1.29, 1.82) is 0 Å². The van der Waals surface area contributed by atoms with E-state index in [1.54, 1.807) is 18.2 Å². The molecule has 2 aromatic rings. The molecule has 0 radical (unpaired) electrons. The van der Waals surface area contributed by atoms with Crippen LogP contribution in [0.4, 0.5) is 10.1 Å². The van der Waals surface area contributed by atoms with E-state index in [2.05, 4.69) is 31.3 Å². The molecular weight excluding hydrogens is 453 g/mol. The van der Waals surface area contributed by atoms with Gasteiger partial charge in [0, 0.05) is 23.1 Å². The quantitative estimate of drug-likeness (QED) is 0.549. The molecule has 2 amide bonds. The molecule has 0 saturated heterocycles. The highest BCUT2D eigenvalue weighted by Gasteiger charge is 2.14. The summed E-state index contributed by atoms with van der Waals surface area (Å²) in [6.45, 7) is 1.49. The third-order valence-electron chi connectivity index (χ3n) is 3.66. The van der Waals surface area contributed by atoms with E-state index >= 15 is 0 Å². The van der Waals surface area contributed by atoms with Crippen LogP contribution in [0.1, 0.15) is 12.0 Å². The van der Waals surface area contributed by atoms with Gasteiger partial charge in [0.05, 0.1) is 11.4 Å². The number of nitrogens with one attached hydrogen (secondary N) is 3. The molecule has 3 N–H and O–H groups in total. The van der Waals surface area contributed by atoms with Gasteiger partial charge >= 0.3 is 0 Å². The Kier molecular flexibility index (Phi) is 7.67. The van der Waals surface area contributed by atoms with Gasteiger partial charge in [0.25, 0.3) is 0 Å². The lowest BCUT2D eigenvalue weighted by Gasteiger charge is -2.09. The summed E-state index contributed by atoms with van der Waals surface area (Å²) in [5.74, 6) is -1.43. The van der Waals surface area contributed by atoms with Crippen LogP contribution >= 0.6 is 15.9 Å². The summed E-state index contributed by atoms with van der Waals surface area (Å²) in [6, 6.07) is 9.64. The molecular formula is C18H19BrFN3O4S. The predicted molar refractivity (Wildman–Crippen MR) is 107 cm³/mol. The van der Waals surface area contributed by atoms with Crippen LogP contribution in [0.25, 0.3) is 0 Å². The second-order valence-electron chi connectivity index (χ2n) is 5.89. The Labute approximate surface area is 170 Å². The normalized spacial score (nSPS) is 11.1. The van der Waals surface area contributed by atoms with E-state index in [0.29, 0.717) is 5.69 Å². The Balaban J connectivity index is 1.74. The van der Waals surface area contributed by atoms with Crippen LogP contribution in [-0.2, 0) is 19.6 Å². The fourth-order valence-electron chi connectivity index (χ4n) is 2.19. The molecule has 2 rings (SSSR count). The van der Waals surface area contributed by atoms with Gasteiger partial charge in [-0.25, -0.2) is 17.5 Å². The molecule has 7 nitrogen and oxygen atoms in total. The van der Waals surface area contributed by atoms with E-state index in [9.17, 15) is 22.4 Å². The van der Waals surface area contributed by atoms with Crippen molar-refractivity contribution in [3.63, 3.8) is 0 Å². The molecule has 0 saturated carbocycles. The highest BCUT2D eigenvalue weighted by atomic mass is 79.9. The van der Waals surface area contributed by atoms with Crippen molar-refractivity contribution in [2.75, 3.05) is 18.4 Å². The summed E-state index contributed by atoms with van der Waals surface area (Å²) in [4.78, 5) is 23.6.